The first kappa shape index (κ1) is 21.3. The fourth-order valence-corrected chi connectivity index (χ4v) is 4.85. The lowest BCUT2D eigenvalue weighted by molar-refractivity contribution is -0.140. The first-order valence-electron chi connectivity index (χ1n) is 9.97. The van der Waals surface area contributed by atoms with Crippen LogP contribution in [0.15, 0.2) is 30.3 Å². The number of rotatable bonds is 4. The molecule has 0 bridgehead atoms. The third-order valence-corrected chi connectivity index (χ3v) is 6.40. The maximum atomic E-state index is 15.1. The van der Waals surface area contributed by atoms with E-state index in [-0.39, 0.29) is 33.6 Å². The summed E-state index contributed by atoms with van der Waals surface area (Å²) >= 11 is 5.89. The van der Waals surface area contributed by atoms with Gasteiger partial charge in [-0.3, -0.25) is 14.2 Å². The molecule has 0 spiro atoms. The molecule has 1 heterocycles. The summed E-state index contributed by atoms with van der Waals surface area (Å²) < 4.78 is 30.5. The van der Waals surface area contributed by atoms with Crippen LogP contribution in [0.4, 0.5) is 8.78 Å². The summed E-state index contributed by atoms with van der Waals surface area (Å²) in [5, 5.41) is 20.1. The van der Waals surface area contributed by atoms with Crippen molar-refractivity contribution in [1.82, 2.24) is 4.57 Å². The van der Waals surface area contributed by atoms with E-state index in [1.165, 1.54) is 31.2 Å². The van der Waals surface area contributed by atoms with Crippen molar-refractivity contribution in [2.75, 3.05) is 0 Å². The van der Waals surface area contributed by atoms with Gasteiger partial charge in [-0.1, -0.05) is 24.4 Å². The van der Waals surface area contributed by atoms with Crippen molar-refractivity contribution in [2.45, 2.75) is 38.5 Å². The zero-order valence-electron chi connectivity index (χ0n) is 16.7. The van der Waals surface area contributed by atoms with Crippen molar-refractivity contribution < 1.29 is 28.6 Å². The number of carbonyl (C=O) groups excluding carboxylic acids is 1. The quantitative estimate of drug-likeness (QED) is 0.543. The molecule has 3 aromatic rings. The van der Waals surface area contributed by atoms with E-state index in [1.54, 1.807) is 0 Å². The van der Waals surface area contributed by atoms with Gasteiger partial charge in [-0.05, 0) is 55.5 Å². The molecule has 8 heteroatoms. The van der Waals surface area contributed by atoms with E-state index in [0.717, 1.165) is 23.5 Å². The van der Waals surface area contributed by atoms with Gasteiger partial charge in [0.1, 0.15) is 0 Å². The van der Waals surface area contributed by atoms with E-state index in [2.05, 4.69) is 0 Å². The van der Waals surface area contributed by atoms with Crippen LogP contribution in [0.3, 0.4) is 0 Å². The van der Waals surface area contributed by atoms with Crippen LogP contribution < -0.4 is 0 Å². The van der Waals surface area contributed by atoms with Gasteiger partial charge in [0.05, 0.1) is 11.4 Å². The molecule has 1 aliphatic rings. The topological polar surface area (TPSA) is 79.5 Å². The third-order valence-electron chi connectivity index (χ3n) is 6.15. The highest BCUT2D eigenvalue weighted by Gasteiger charge is 2.38. The summed E-state index contributed by atoms with van der Waals surface area (Å²) in [6.45, 7) is 1.52. The molecule has 2 aromatic carbocycles. The van der Waals surface area contributed by atoms with Gasteiger partial charge in [0, 0.05) is 27.7 Å². The first-order chi connectivity index (χ1) is 14.7. The number of fused-ring (bicyclic) bond motifs is 1. The zero-order valence-corrected chi connectivity index (χ0v) is 17.4. The van der Waals surface area contributed by atoms with Crippen LogP contribution in [0.1, 0.15) is 53.2 Å². The lowest BCUT2D eigenvalue weighted by atomic mass is 9.83. The Morgan fingerprint density at radius 1 is 1.16 bits per heavy atom. The number of aromatic nitrogens is 1. The van der Waals surface area contributed by atoms with E-state index in [4.69, 9.17) is 11.6 Å². The molecule has 4 rings (SSSR count). The van der Waals surface area contributed by atoms with Crippen molar-refractivity contribution in [3.05, 3.63) is 63.8 Å². The Balaban J connectivity index is 2.03. The number of carboxylic acids is 1. The number of carboxylic acid groups (broad SMARTS) is 1. The van der Waals surface area contributed by atoms with Gasteiger partial charge in [-0.15, -0.1) is 0 Å². The van der Waals surface area contributed by atoms with E-state index < -0.39 is 35.2 Å². The number of aromatic hydroxyl groups is 1. The van der Waals surface area contributed by atoms with Gasteiger partial charge >= 0.3 is 5.97 Å². The Bertz CT molecular complexity index is 1200. The Morgan fingerprint density at radius 2 is 1.77 bits per heavy atom. The monoisotopic (exact) mass is 447 g/mol. The maximum absolute atomic E-state index is 15.1. The van der Waals surface area contributed by atoms with Crippen LogP contribution >= 0.6 is 11.6 Å². The lowest BCUT2D eigenvalue weighted by Gasteiger charge is -2.20. The number of phenols is 1. The van der Waals surface area contributed by atoms with Gasteiger partial charge in [0.2, 0.25) is 0 Å². The molecule has 0 radical (unpaired) electrons. The Labute approximate surface area is 181 Å². The SMILES string of the molecule is Cc1c(C(C(=O)O)C2CCCC2)c2c(F)c(O)c(F)cc2n1C(=O)c1ccc(Cl)cc1. The second kappa shape index (κ2) is 7.96. The molecule has 1 saturated carbocycles. The van der Waals surface area contributed by atoms with E-state index >= 15 is 4.39 Å². The number of aliphatic carboxylic acids is 1. The molecule has 31 heavy (non-hydrogen) atoms. The predicted molar refractivity (Wildman–Crippen MR) is 112 cm³/mol. The molecule has 1 fully saturated rings. The summed E-state index contributed by atoms with van der Waals surface area (Å²) in [7, 11) is 0. The largest absolute Gasteiger partial charge is 0.503 e. The van der Waals surface area contributed by atoms with Gasteiger partial charge < -0.3 is 10.2 Å². The molecule has 0 saturated heterocycles. The number of hydrogen-bond acceptors (Lipinski definition) is 3. The third kappa shape index (κ3) is 3.47. The van der Waals surface area contributed by atoms with Crippen molar-refractivity contribution in [3.63, 3.8) is 0 Å². The summed E-state index contributed by atoms with van der Waals surface area (Å²) in [4.78, 5) is 25.6. The molecule has 2 N–H and O–H groups in total. The summed E-state index contributed by atoms with van der Waals surface area (Å²) in [5.41, 5.74) is 0.407. The second-order valence-corrected chi connectivity index (χ2v) is 8.36. The number of benzene rings is 2. The van der Waals surface area contributed by atoms with Crippen molar-refractivity contribution in [1.29, 1.82) is 0 Å². The molecule has 1 atom stereocenters. The van der Waals surface area contributed by atoms with Crippen LogP contribution in [0, 0.1) is 24.5 Å². The van der Waals surface area contributed by atoms with Crippen LogP contribution in [-0.4, -0.2) is 26.7 Å². The van der Waals surface area contributed by atoms with Crippen molar-refractivity contribution in [2.24, 2.45) is 5.92 Å². The molecule has 1 unspecified atom stereocenters. The molecule has 5 nitrogen and oxygen atoms in total. The minimum atomic E-state index is -1.26. The van der Waals surface area contributed by atoms with E-state index in [0.29, 0.717) is 17.9 Å². The summed E-state index contributed by atoms with van der Waals surface area (Å²) in [6, 6.07) is 6.86. The Hall–Kier alpha value is -2.93. The molecular weight excluding hydrogens is 428 g/mol. The minimum Gasteiger partial charge on any atom is -0.503 e. The molecule has 1 aromatic heterocycles. The number of carbonyl (C=O) groups is 2. The smallest absolute Gasteiger partial charge is 0.311 e. The maximum Gasteiger partial charge on any atom is 0.311 e. The molecule has 0 amide bonds. The fourth-order valence-electron chi connectivity index (χ4n) is 4.73. The minimum absolute atomic E-state index is 0.101. The number of nitrogens with zero attached hydrogens (tertiary/aromatic N) is 1. The van der Waals surface area contributed by atoms with Crippen LogP contribution in [0.2, 0.25) is 5.02 Å². The van der Waals surface area contributed by atoms with Crippen molar-refractivity contribution >= 4 is 34.4 Å². The zero-order chi connectivity index (χ0) is 22.4. The number of hydrogen-bond donors (Lipinski definition) is 2. The summed E-state index contributed by atoms with van der Waals surface area (Å²) in [5.74, 6) is -6.73. The highest BCUT2D eigenvalue weighted by Crippen LogP contribution is 2.45. The van der Waals surface area contributed by atoms with E-state index in [9.17, 15) is 24.2 Å². The average Bonchev–Trinajstić information content (AvgIpc) is 3.34. The van der Waals surface area contributed by atoms with E-state index in [1.807, 2.05) is 0 Å². The first-order valence-corrected chi connectivity index (χ1v) is 10.3. The van der Waals surface area contributed by atoms with Crippen LogP contribution in [0.25, 0.3) is 10.9 Å². The predicted octanol–water partition coefficient (Wildman–Crippen LogP) is 5.63. The van der Waals surface area contributed by atoms with Gasteiger partial charge in [0.15, 0.2) is 17.4 Å². The standard InChI is InChI=1S/C23H20ClF2NO4/c1-11-17(18(23(30)31)12-4-2-3-5-12)19-16(10-15(25)21(28)20(19)26)27(11)22(29)13-6-8-14(24)9-7-13/h6-10,12,18,28H,2-5H2,1H3,(H,30,31). The van der Waals surface area contributed by atoms with Gasteiger partial charge in [0.25, 0.3) is 5.91 Å². The van der Waals surface area contributed by atoms with Gasteiger partial charge in [-0.25, -0.2) is 8.78 Å². The second-order valence-electron chi connectivity index (χ2n) is 7.92. The molecular formula is C23H20ClF2NO4. The fraction of sp³-hybridized carbons (Fsp3) is 0.304. The van der Waals surface area contributed by atoms with Crippen LogP contribution in [0.5, 0.6) is 5.75 Å². The highest BCUT2D eigenvalue weighted by atomic mass is 35.5. The molecule has 1 aliphatic carbocycles. The lowest BCUT2D eigenvalue weighted by Crippen LogP contribution is -2.21. The summed E-state index contributed by atoms with van der Waals surface area (Å²) in [6.07, 6.45) is 3.03. The van der Waals surface area contributed by atoms with Crippen molar-refractivity contribution in [3.8, 4) is 5.75 Å². The number of halogens is 3. The van der Waals surface area contributed by atoms with Crippen LogP contribution in [-0.2, 0) is 4.79 Å². The molecule has 0 aliphatic heterocycles. The average molecular weight is 448 g/mol. The Morgan fingerprint density at radius 3 is 2.35 bits per heavy atom. The number of phenolic OH excluding ortho intramolecular Hbond substituents is 1. The molecule has 162 valence electrons. The normalized spacial score (nSPS) is 15.5. The Kier molecular flexibility index (Phi) is 5.47. The highest BCUT2D eigenvalue weighted by molar-refractivity contribution is 6.30. The van der Waals surface area contributed by atoms with Gasteiger partial charge in [-0.2, -0.15) is 0 Å².